The number of carbonyl (C=O) groups excluding carboxylic acids is 1. The maximum Gasteiger partial charge on any atom is 0.162 e. The molecule has 64 valence electrons. The molecule has 3 nitrogen and oxygen atoms in total. The van der Waals surface area contributed by atoms with Gasteiger partial charge in [0.15, 0.2) is 10.9 Å². The summed E-state index contributed by atoms with van der Waals surface area (Å²) >= 11 is 11.2. The van der Waals surface area contributed by atoms with E-state index in [1.807, 2.05) is 0 Å². The average molecular weight is 205 g/mol. The summed E-state index contributed by atoms with van der Waals surface area (Å²) in [5, 5.41) is 0.229. The van der Waals surface area contributed by atoms with Gasteiger partial charge in [0, 0.05) is 5.56 Å². The lowest BCUT2D eigenvalue weighted by molar-refractivity contribution is 0.101. The Labute approximate surface area is 79.5 Å². The van der Waals surface area contributed by atoms with Gasteiger partial charge in [-0.25, -0.2) is 4.98 Å². The van der Waals surface area contributed by atoms with Crippen molar-refractivity contribution in [3.8, 4) is 0 Å². The lowest BCUT2D eigenvalue weighted by Crippen LogP contribution is -2.01. The van der Waals surface area contributed by atoms with Gasteiger partial charge in [0.05, 0.1) is 5.69 Å². The highest BCUT2D eigenvalue weighted by Gasteiger charge is 2.10. The maximum atomic E-state index is 10.9. The first-order chi connectivity index (χ1) is 5.52. The fourth-order valence-electron chi connectivity index (χ4n) is 0.786. The molecule has 0 bridgehead atoms. The van der Waals surface area contributed by atoms with Crippen LogP contribution < -0.4 is 5.73 Å². The van der Waals surface area contributed by atoms with Crippen molar-refractivity contribution in [2.45, 2.75) is 6.92 Å². The number of anilines is 1. The third-order valence-corrected chi connectivity index (χ3v) is 1.84. The first-order valence-corrected chi connectivity index (χ1v) is 3.90. The lowest BCUT2D eigenvalue weighted by Gasteiger charge is -2.02. The Morgan fingerprint density at radius 1 is 1.58 bits per heavy atom. The van der Waals surface area contributed by atoms with Crippen LogP contribution in [0.25, 0.3) is 0 Å². The predicted molar refractivity (Wildman–Crippen MR) is 48.7 cm³/mol. The minimum atomic E-state index is -0.182. The minimum absolute atomic E-state index is 0.0627. The van der Waals surface area contributed by atoms with E-state index in [0.29, 0.717) is 5.56 Å². The van der Waals surface area contributed by atoms with Crippen LogP contribution in [-0.2, 0) is 0 Å². The fourth-order valence-corrected chi connectivity index (χ4v) is 1.22. The van der Waals surface area contributed by atoms with Crippen LogP contribution in [0.1, 0.15) is 17.3 Å². The molecule has 0 aromatic carbocycles. The van der Waals surface area contributed by atoms with Crippen LogP contribution in [-0.4, -0.2) is 10.8 Å². The van der Waals surface area contributed by atoms with E-state index in [0.717, 1.165) is 0 Å². The third-order valence-electron chi connectivity index (χ3n) is 1.36. The molecular formula is C7H6Cl2N2O. The first kappa shape index (κ1) is 9.29. The van der Waals surface area contributed by atoms with Gasteiger partial charge in [0.25, 0.3) is 0 Å². The molecule has 5 heteroatoms. The second-order valence-corrected chi connectivity index (χ2v) is 3.00. The number of Topliss-reactive ketones (excluding diaryl/α,β-unsaturated/α-hetero) is 1. The molecule has 0 aliphatic rings. The summed E-state index contributed by atoms with van der Waals surface area (Å²) in [5.41, 5.74) is 5.96. The van der Waals surface area contributed by atoms with Gasteiger partial charge in [-0.05, 0) is 13.0 Å². The third kappa shape index (κ3) is 1.68. The summed E-state index contributed by atoms with van der Waals surface area (Å²) in [4.78, 5) is 14.6. The van der Waals surface area contributed by atoms with Gasteiger partial charge in [-0.15, -0.1) is 0 Å². The molecule has 1 aromatic rings. The summed E-state index contributed by atoms with van der Waals surface area (Å²) in [7, 11) is 0. The monoisotopic (exact) mass is 204 g/mol. The normalized spacial score (nSPS) is 9.92. The highest BCUT2D eigenvalue weighted by atomic mass is 35.5. The van der Waals surface area contributed by atoms with Crippen molar-refractivity contribution in [2.75, 3.05) is 5.73 Å². The van der Waals surface area contributed by atoms with E-state index in [2.05, 4.69) is 4.98 Å². The van der Waals surface area contributed by atoms with Crippen molar-refractivity contribution in [1.82, 2.24) is 4.98 Å². The largest absolute Gasteiger partial charge is 0.396 e. The molecule has 0 radical (unpaired) electrons. The SMILES string of the molecule is CC(=O)c1cc(Cl)nc(Cl)c1N. The fraction of sp³-hybridized carbons (Fsp3) is 0.143. The Morgan fingerprint density at radius 3 is 2.67 bits per heavy atom. The second-order valence-electron chi connectivity index (χ2n) is 2.25. The molecule has 1 rings (SSSR count). The predicted octanol–water partition coefficient (Wildman–Crippen LogP) is 2.17. The van der Waals surface area contributed by atoms with Crippen molar-refractivity contribution in [1.29, 1.82) is 0 Å². The number of aromatic nitrogens is 1. The summed E-state index contributed by atoms with van der Waals surface area (Å²) in [6, 6.07) is 1.39. The number of halogens is 2. The van der Waals surface area contributed by atoms with Crippen molar-refractivity contribution in [3.05, 3.63) is 21.9 Å². The van der Waals surface area contributed by atoms with Crippen LogP contribution in [0.3, 0.4) is 0 Å². The smallest absolute Gasteiger partial charge is 0.162 e. The Kier molecular flexibility index (Phi) is 2.55. The van der Waals surface area contributed by atoms with E-state index >= 15 is 0 Å². The molecule has 0 spiro atoms. The highest BCUT2D eigenvalue weighted by molar-refractivity contribution is 6.35. The average Bonchev–Trinajstić information content (AvgIpc) is 1.96. The quantitative estimate of drug-likeness (QED) is 0.564. The lowest BCUT2D eigenvalue weighted by atomic mass is 10.2. The number of nitrogens with zero attached hydrogens (tertiary/aromatic N) is 1. The number of carbonyl (C=O) groups is 1. The minimum Gasteiger partial charge on any atom is -0.396 e. The van der Waals surface area contributed by atoms with Crippen molar-refractivity contribution in [2.24, 2.45) is 0 Å². The van der Waals surface area contributed by atoms with E-state index < -0.39 is 0 Å². The van der Waals surface area contributed by atoms with E-state index in [9.17, 15) is 4.79 Å². The molecule has 0 saturated carbocycles. The summed E-state index contributed by atoms with van der Waals surface area (Å²) in [6.45, 7) is 1.39. The van der Waals surface area contributed by atoms with E-state index in [-0.39, 0.29) is 21.8 Å². The molecule has 0 atom stereocenters. The molecule has 0 unspecified atom stereocenters. The van der Waals surface area contributed by atoms with Gasteiger partial charge in [-0.3, -0.25) is 4.79 Å². The molecule has 1 heterocycles. The van der Waals surface area contributed by atoms with Gasteiger partial charge in [0.2, 0.25) is 0 Å². The molecular weight excluding hydrogens is 199 g/mol. The number of hydrogen-bond acceptors (Lipinski definition) is 3. The van der Waals surface area contributed by atoms with Crippen molar-refractivity contribution >= 4 is 34.7 Å². The first-order valence-electron chi connectivity index (χ1n) is 3.15. The zero-order valence-electron chi connectivity index (χ0n) is 6.27. The van der Waals surface area contributed by atoms with Gasteiger partial charge in [0.1, 0.15) is 5.15 Å². The number of rotatable bonds is 1. The van der Waals surface area contributed by atoms with Crippen LogP contribution in [0.4, 0.5) is 5.69 Å². The van der Waals surface area contributed by atoms with Crippen molar-refractivity contribution in [3.63, 3.8) is 0 Å². The van der Waals surface area contributed by atoms with Crippen LogP contribution in [0.5, 0.6) is 0 Å². The van der Waals surface area contributed by atoms with Gasteiger partial charge in [-0.1, -0.05) is 23.2 Å². The van der Waals surface area contributed by atoms with Crippen LogP contribution >= 0.6 is 23.2 Å². The Morgan fingerprint density at radius 2 is 2.17 bits per heavy atom. The van der Waals surface area contributed by atoms with Crippen LogP contribution in [0, 0.1) is 0 Å². The zero-order valence-corrected chi connectivity index (χ0v) is 7.78. The van der Waals surface area contributed by atoms with E-state index in [4.69, 9.17) is 28.9 Å². The Bertz CT molecular complexity index is 338. The number of hydrogen-bond donors (Lipinski definition) is 1. The molecule has 12 heavy (non-hydrogen) atoms. The molecule has 0 aliphatic heterocycles. The van der Waals surface area contributed by atoms with Crippen LogP contribution in [0.15, 0.2) is 6.07 Å². The van der Waals surface area contributed by atoms with E-state index in [1.54, 1.807) is 0 Å². The number of ketones is 1. The second kappa shape index (κ2) is 3.29. The molecule has 0 saturated heterocycles. The highest BCUT2D eigenvalue weighted by Crippen LogP contribution is 2.24. The summed E-state index contributed by atoms with van der Waals surface area (Å²) in [6.07, 6.45) is 0. The molecule has 1 aromatic heterocycles. The Hall–Kier alpha value is -0.800. The van der Waals surface area contributed by atoms with E-state index in [1.165, 1.54) is 13.0 Å². The number of nitrogens with two attached hydrogens (primary N) is 1. The Balaban J connectivity index is 3.37. The summed E-state index contributed by atoms with van der Waals surface area (Å²) < 4.78 is 0. The van der Waals surface area contributed by atoms with Gasteiger partial charge < -0.3 is 5.73 Å². The van der Waals surface area contributed by atoms with Crippen molar-refractivity contribution < 1.29 is 4.79 Å². The number of nitrogen functional groups attached to an aromatic ring is 1. The molecule has 0 fully saturated rings. The number of pyridine rings is 1. The molecule has 0 aliphatic carbocycles. The summed E-state index contributed by atoms with van der Waals surface area (Å²) in [5.74, 6) is -0.182. The van der Waals surface area contributed by atoms with Gasteiger partial charge >= 0.3 is 0 Å². The topological polar surface area (TPSA) is 56.0 Å². The standard InChI is InChI=1S/C7H6Cl2N2O/c1-3(12)4-2-5(8)11-7(9)6(4)10/h2H,10H2,1H3. The van der Waals surface area contributed by atoms with Gasteiger partial charge in [-0.2, -0.15) is 0 Å². The molecule has 2 N–H and O–H groups in total. The maximum absolute atomic E-state index is 10.9. The van der Waals surface area contributed by atoms with Crippen LogP contribution in [0.2, 0.25) is 10.3 Å². The zero-order chi connectivity index (χ0) is 9.30. The molecule has 0 amide bonds.